The summed E-state index contributed by atoms with van der Waals surface area (Å²) in [5, 5.41) is 9.67. The van der Waals surface area contributed by atoms with Gasteiger partial charge in [-0.15, -0.1) is 0 Å². The van der Waals surface area contributed by atoms with Gasteiger partial charge in [-0.3, -0.25) is 0 Å². The first-order valence-corrected chi connectivity index (χ1v) is 4.94. The van der Waals surface area contributed by atoms with E-state index in [1.54, 1.807) is 12.1 Å². The molecule has 3 heteroatoms. The Morgan fingerprint density at radius 2 is 2.00 bits per heavy atom. The fourth-order valence-corrected chi connectivity index (χ4v) is 1.48. The Hall–Kier alpha value is -0.410. The molecule has 0 aromatic heterocycles. The molecule has 1 unspecified atom stereocenters. The Morgan fingerprint density at radius 3 is 2.46 bits per heavy atom. The van der Waals surface area contributed by atoms with Crippen LogP contribution in [-0.4, -0.2) is 5.11 Å². The lowest BCUT2D eigenvalue weighted by atomic mass is 9.99. The second kappa shape index (κ2) is 4.20. The molecule has 0 spiro atoms. The van der Waals surface area contributed by atoms with E-state index in [0.717, 1.165) is 5.56 Å². The number of halogens is 2. The average Bonchev–Trinajstić information content (AvgIpc) is 2.08. The Labute approximate surface area is 85.7 Å². The number of aliphatic hydroxyl groups is 1. The maximum Gasteiger partial charge on any atom is 0.137 e. The minimum atomic E-state index is -0.531. The van der Waals surface area contributed by atoms with Crippen molar-refractivity contribution in [3.05, 3.63) is 34.1 Å². The maximum atomic E-state index is 12.8. The molecule has 1 nitrogen and oxygen atoms in total. The summed E-state index contributed by atoms with van der Waals surface area (Å²) in [7, 11) is 0. The van der Waals surface area contributed by atoms with E-state index in [1.807, 2.05) is 13.8 Å². The van der Waals surface area contributed by atoms with Gasteiger partial charge < -0.3 is 5.11 Å². The lowest BCUT2D eigenvalue weighted by Crippen LogP contribution is -2.05. The minimum Gasteiger partial charge on any atom is -0.388 e. The summed E-state index contributed by atoms with van der Waals surface area (Å²) in [5.74, 6) is -0.169. The van der Waals surface area contributed by atoms with Crippen LogP contribution in [0.5, 0.6) is 0 Å². The highest BCUT2D eigenvalue weighted by Crippen LogP contribution is 2.25. The first-order valence-electron chi connectivity index (χ1n) is 4.15. The summed E-state index contributed by atoms with van der Waals surface area (Å²) in [6, 6.07) is 4.57. The van der Waals surface area contributed by atoms with Gasteiger partial charge in [0, 0.05) is 0 Å². The van der Waals surface area contributed by atoms with Crippen LogP contribution in [0, 0.1) is 11.7 Å². The van der Waals surface area contributed by atoms with Crippen LogP contribution < -0.4 is 0 Å². The zero-order chi connectivity index (χ0) is 10.0. The molecule has 72 valence electrons. The van der Waals surface area contributed by atoms with Crippen molar-refractivity contribution in [3.63, 3.8) is 0 Å². The predicted octanol–water partition coefficient (Wildman–Crippen LogP) is 3.28. The molecule has 1 aromatic carbocycles. The molecule has 0 bridgehead atoms. The van der Waals surface area contributed by atoms with Gasteiger partial charge in [0.25, 0.3) is 0 Å². The van der Waals surface area contributed by atoms with E-state index >= 15 is 0 Å². The standard InChI is InChI=1S/C10H12BrFO/c1-6(2)10(13)7-3-4-9(12)8(11)5-7/h3-6,10,13H,1-2H3. The molecule has 0 saturated carbocycles. The number of aliphatic hydroxyl groups excluding tert-OH is 1. The number of benzene rings is 1. The molecule has 1 N–H and O–H groups in total. The molecule has 0 fully saturated rings. The molecule has 0 amide bonds. The summed E-state index contributed by atoms with van der Waals surface area (Å²) in [6.07, 6.45) is -0.531. The molecule has 0 aliphatic rings. The third kappa shape index (κ3) is 2.51. The van der Waals surface area contributed by atoms with Gasteiger partial charge in [-0.25, -0.2) is 4.39 Å². The van der Waals surface area contributed by atoms with E-state index in [2.05, 4.69) is 15.9 Å². The molecule has 1 atom stereocenters. The van der Waals surface area contributed by atoms with Crippen LogP contribution in [0.4, 0.5) is 4.39 Å². The van der Waals surface area contributed by atoms with Crippen molar-refractivity contribution in [1.82, 2.24) is 0 Å². The molecule has 0 aliphatic carbocycles. The first-order chi connectivity index (χ1) is 6.02. The second-order valence-electron chi connectivity index (χ2n) is 3.36. The lowest BCUT2D eigenvalue weighted by molar-refractivity contribution is 0.127. The Kier molecular flexibility index (Phi) is 3.45. The molecule has 0 aliphatic heterocycles. The van der Waals surface area contributed by atoms with Gasteiger partial charge in [-0.2, -0.15) is 0 Å². The Bertz CT molecular complexity index is 299. The molecule has 0 saturated heterocycles. The average molecular weight is 247 g/mol. The summed E-state index contributed by atoms with van der Waals surface area (Å²) in [6.45, 7) is 3.84. The third-order valence-electron chi connectivity index (χ3n) is 1.92. The fourth-order valence-electron chi connectivity index (χ4n) is 1.08. The van der Waals surface area contributed by atoms with E-state index in [1.165, 1.54) is 6.07 Å². The maximum absolute atomic E-state index is 12.8. The molecule has 1 rings (SSSR count). The largest absolute Gasteiger partial charge is 0.388 e. The highest BCUT2D eigenvalue weighted by molar-refractivity contribution is 9.10. The van der Waals surface area contributed by atoms with Gasteiger partial charge in [-0.05, 0) is 39.5 Å². The van der Waals surface area contributed by atoms with Gasteiger partial charge >= 0.3 is 0 Å². The van der Waals surface area contributed by atoms with Crippen LogP contribution in [0.25, 0.3) is 0 Å². The van der Waals surface area contributed by atoms with Gasteiger partial charge in [0.15, 0.2) is 0 Å². The molecule has 1 aromatic rings. The van der Waals surface area contributed by atoms with Gasteiger partial charge in [-0.1, -0.05) is 19.9 Å². The van der Waals surface area contributed by atoms with Crippen molar-refractivity contribution < 1.29 is 9.50 Å². The highest BCUT2D eigenvalue weighted by atomic mass is 79.9. The first kappa shape index (κ1) is 10.7. The molecule has 0 radical (unpaired) electrons. The van der Waals surface area contributed by atoms with Gasteiger partial charge in [0.1, 0.15) is 5.82 Å². The normalized spacial score (nSPS) is 13.4. The smallest absolute Gasteiger partial charge is 0.137 e. The van der Waals surface area contributed by atoms with Crippen LogP contribution in [0.15, 0.2) is 22.7 Å². The third-order valence-corrected chi connectivity index (χ3v) is 2.52. The fraction of sp³-hybridized carbons (Fsp3) is 0.400. The van der Waals surface area contributed by atoms with Crippen molar-refractivity contribution in [2.75, 3.05) is 0 Å². The van der Waals surface area contributed by atoms with Crippen molar-refractivity contribution in [3.8, 4) is 0 Å². The zero-order valence-corrected chi connectivity index (χ0v) is 9.18. The molecule has 13 heavy (non-hydrogen) atoms. The Balaban J connectivity index is 2.97. The summed E-state index contributed by atoms with van der Waals surface area (Å²) in [4.78, 5) is 0. The number of hydrogen-bond acceptors (Lipinski definition) is 1. The van der Waals surface area contributed by atoms with E-state index in [9.17, 15) is 9.50 Å². The van der Waals surface area contributed by atoms with Crippen LogP contribution in [-0.2, 0) is 0 Å². The number of rotatable bonds is 2. The molecule has 0 heterocycles. The molecular formula is C10H12BrFO. The Morgan fingerprint density at radius 1 is 1.38 bits per heavy atom. The topological polar surface area (TPSA) is 20.2 Å². The summed E-state index contributed by atoms with van der Waals surface area (Å²) >= 11 is 3.08. The molecular weight excluding hydrogens is 235 g/mol. The van der Waals surface area contributed by atoms with Crippen molar-refractivity contribution in [1.29, 1.82) is 0 Å². The summed E-state index contributed by atoms with van der Waals surface area (Å²) < 4.78 is 13.2. The van der Waals surface area contributed by atoms with Crippen LogP contribution in [0.3, 0.4) is 0 Å². The van der Waals surface area contributed by atoms with Gasteiger partial charge in [0.2, 0.25) is 0 Å². The number of hydrogen-bond donors (Lipinski definition) is 1. The quantitative estimate of drug-likeness (QED) is 0.850. The zero-order valence-electron chi connectivity index (χ0n) is 7.59. The second-order valence-corrected chi connectivity index (χ2v) is 4.22. The minimum absolute atomic E-state index is 0.136. The highest BCUT2D eigenvalue weighted by Gasteiger charge is 2.12. The van der Waals surface area contributed by atoms with E-state index < -0.39 is 6.10 Å². The van der Waals surface area contributed by atoms with Crippen LogP contribution in [0.2, 0.25) is 0 Å². The van der Waals surface area contributed by atoms with E-state index in [4.69, 9.17) is 0 Å². The van der Waals surface area contributed by atoms with Crippen molar-refractivity contribution >= 4 is 15.9 Å². The van der Waals surface area contributed by atoms with Crippen molar-refractivity contribution in [2.45, 2.75) is 20.0 Å². The van der Waals surface area contributed by atoms with Crippen LogP contribution in [0.1, 0.15) is 25.5 Å². The lowest BCUT2D eigenvalue weighted by Gasteiger charge is -2.14. The SMILES string of the molecule is CC(C)C(O)c1ccc(F)c(Br)c1. The summed E-state index contributed by atoms with van der Waals surface area (Å²) in [5.41, 5.74) is 0.739. The van der Waals surface area contributed by atoms with Gasteiger partial charge in [0.05, 0.1) is 10.6 Å². The van der Waals surface area contributed by atoms with E-state index in [0.29, 0.717) is 4.47 Å². The van der Waals surface area contributed by atoms with Crippen molar-refractivity contribution in [2.24, 2.45) is 5.92 Å². The monoisotopic (exact) mass is 246 g/mol. The predicted molar refractivity (Wildman–Crippen MR) is 53.9 cm³/mol. The van der Waals surface area contributed by atoms with E-state index in [-0.39, 0.29) is 11.7 Å². The van der Waals surface area contributed by atoms with Crippen LogP contribution >= 0.6 is 15.9 Å².